The van der Waals surface area contributed by atoms with Gasteiger partial charge in [-0.05, 0) is 57.2 Å². The smallest absolute Gasteiger partial charge is 0.263 e. The minimum atomic E-state index is -0.0832. The first-order valence-electron chi connectivity index (χ1n) is 12.1. The molecule has 0 amide bonds. The van der Waals surface area contributed by atoms with Crippen molar-refractivity contribution in [1.82, 2.24) is 24.6 Å². The maximum absolute atomic E-state index is 13.4. The van der Waals surface area contributed by atoms with E-state index in [0.29, 0.717) is 17.3 Å². The lowest BCUT2D eigenvalue weighted by molar-refractivity contribution is 0.338. The van der Waals surface area contributed by atoms with E-state index in [1.165, 1.54) is 12.8 Å². The number of para-hydroxylation sites is 1. The second kappa shape index (κ2) is 9.37. The molecule has 1 unspecified atom stereocenters. The zero-order chi connectivity index (χ0) is 22.2. The zero-order valence-corrected chi connectivity index (χ0v) is 20.3. The van der Waals surface area contributed by atoms with Crippen molar-refractivity contribution in [1.29, 1.82) is 0 Å². The Morgan fingerprint density at radius 3 is 2.70 bits per heavy atom. The average molecular weight is 483 g/mol. The van der Waals surface area contributed by atoms with Gasteiger partial charge in [-0.15, -0.1) is 11.3 Å². The van der Waals surface area contributed by atoms with Crippen molar-refractivity contribution in [2.45, 2.75) is 55.7 Å². The van der Waals surface area contributed by atoms with E-state index in [2.05, 4.69) is 26.0 Å². The molecular formula is C24H30N6OS2. The summed E-state index contributed by atoms with van der Waals surface area (Å²) in [6.45, 7) is 4.06. The number of aromatic nitrogens is 3. The van der Waals surface area contributed by atoms with Crippen LogP contribution in [-0.2, 0) is 0 Å². The highest BCUT2D eigenvalue weighted by molar-refractivity contribution is 7.97. The molecule has 2 aromatic heterocycles. The lowest BCUT2D eigenvalue weighted by Crippen LogP contribution is -2.39. The first-order valence-corrected chi connectivity index (χ1v) is 13.8. The van der Waals surface area contributed by atoms with Crippen LogP contribution in [0.15, 0.2) is 29.1 Å². The van der Waals surface area contributed by atoms with Gasteiger partial charge in [-0.1, -0.05) is 24.1 Å². The van der Waals surface area contributed by atoms with Gasteiger partial charge in [0.2, 0.25) is 0 Å². The maximum Gasteiger partial charge on any atom is 0.263 e. The number of hydrogen-bond acceptors (Lipinski definition) is 8. The Morgan fingerprint density at radius 2 is 1.94 bits per heavy atom. The molecule has 0 bridgehead atoms. The molecule has 2 aliphatic heterocycles. The van der Waals surface area contributed by atoms with Crippen LogP contribution in [0, 0.1) is 0 Å². The summed E-state index contributed by atoms with van der Waals surface area (Å²) in [5, 5.41) is 8.65. The molecule has 4 heterocycles. The van der Waals surface area contributed by atoms with Gasteiger partial charge < -0.3 is 15.6 Å². The highest BCUT2D eigenvalue weighted by atomic mass is 32.2. The van der Waals surface area contributed by atoms with Crippen molar-refractivity contribution in [2.75, 3.05) is 31.5 Å². The molecule has 9 heteroatoms. The minimum Gasteiger partial charge on any atom is -0.365 e. The normalized spacial score (nSPS) is 22.6. The fourth-order valence-electron chi connectivity index (χ4n) is 4.75. The van der Waals surface area contributed by atoms with Gasteiger partial charge in [-0.25, -0.2) is 9.97 Å². The van der Waals surface area contributed by atoms with Crippen LogP contribution in [0.3, 0.4) is 0 Å². The third-order valence-corrected chi connectivity index (χ3v) is 9.23. The van der Waals surface area contributed by atoms with Crippen molar-refractivity contribution < 1.29 is 0 Å². The van der Waals surface area contributed by atoms with Crippen LogP contribution in [0.25, 0.3) is 20.8 Å². The summed E-state index contributed by atoms with van der Waals surface area (Å²) in [4.78, 5) is 26.4. The molecule has 1 aromatic carbocycles. The topological polar surface area (TPSA) is 85.9 Å². The Bertz CT molecular complexity index is 1140. The number of hydrogen-bond donors (Lipinski definition) is 3. The van der Waals surface area contributed by atoms with Crippen molar-refractivity contribution in [3.05, 3.63) is 40.4 Å². The molecule has 1 saturated carbocycles. The summed E-state index contributed by atoms with van der Waals surface area (Å²) in [6, 6.07) is 8.31. The molecule has 1 aliphatic carbocycles. The molecule has 3 N–H and O–H groups in total. The molecule has 0 radical (unpaired) electrons. The Labute approximate surface area is 201 Å². The quantitative estimate of drug-likeness (QED) is 0.454. The number of benzene rings is 1. The number of H-pyrrole nitrogens is 1. The van der Waals surface area contributed by atoms with Gasteiger partial charge in [-0.2, -0.15) is 0 Å². The van der Waals surface area contributed by atoms with Crippen LogP contribution in [0.1, 0.15) is 50.3 Å². The first kappa shape index (κ1) is 21.6. The van der Waals surface area contributed by atoms with Crippen molar-refractivity contribution in [2.24, 2.45) is 0 Å². The molecule has 3 fully saturated rings. The van der Waals surface area contributed by atoms with Crippen LogP contribution in [0.4, 0.5) is 5.82 Å². The number of rotatable bonds is 6. The summed E-state index contributed by atoms with van der Waals surface area (Å²) in [5.74, 6) is 1.81. The standard InChI is InChI=1S/C24H30N6OS2/c31-23-20(24-27-18-5-1-2-6-19(18)32-24)22(26-16-4-3-11-25-14-16)28-21(29-23)15-9-12-30(13-10-15)33-17-7-8-17/h1-2,5-6,15-17,25H,3-4,7-14H2,(H2,26,28,29,31). The van der Waals surface area contributed by atoms with Crippen LogP contribution < -0.4 is 16.2 Å². The summed E-state index contributed by atoms with van der Waals surface area (Å²) in [6.07, 6.45) is 6.99. The van der Waals surface area contributed by atoms with Gasteiger partial charge >= 0.3 is 0 Å². The highest BCUT2D eigenvalue weighted by Crippen LogP contribution is 2.39. The number of piperidine rings is 2. The van der Waals surface area contributed by atoms with E-state index >= 15 is 0 Å². The minimum absolute atomic E-state index is 0.0832. The molecular weight excluding hydrogens is 452 g/mol. The number of anilines is 1. The van der Waals surface area contributed by atoms with Crippen molar-refractivity contribution >= 4 is 39.3 Å². The molecule has 1 atom stereocenters. The van der Waals surface area contributed by atoms with Gasteiger partial charge in [-0.3, -0.25) is 9.10 Å². The number of fused-ring (bicyclic) bond motifs is 1. The maximum atomic E-state index is 13.4. The first-order chi connectivity index (χ1) is 16.2. The molecule has 174 valence electrons. The van der Waals surface area contributed by atoms with Crippen LogP contribution in [0.2, 0.25) is 0 Å². The van der Waals surface area contributed by atoms with Crippen molar-refractivity contribution in [3.8, 4) is 10.6 Å². The van der Waals surface area contributed by atoms with E-state index < -0.39 is 0 Å². The second-order valence-corrected chi connectivity index (χ2v) is 11.8. The van der Waals surface area contributed by atoms with Crippen LogP contribution in [0.5, 0.6) is 0 Å². The fourth-order valence-corrected chi connectivity index (χ4v) is 6.95. The molecule has 6 rings (SSSR count). The van der Waals surface area contributed by atoms with Crippen LogP contribution >= 0.6 is 23.3 Å². The average Bonchev–Trinajstić information content (AvgIpc) is 3.55. The Hall–Kier alpha value is -1.94. The lowest BCUT2D eigenvalue weighted by atomic mass is 9.97. The van der Waals surface area contributed by atoms with E-state index in [4.69, 9.17) is 9.97 Å². The SMILES string of the molecule is O=c1[nH]c(C2CCN(SC3CC3)CC2)nc(NC2CCCNC2)c1-c1nc2ccccc2s1. The number of nitrogens with zero attached hydrogens (tertiary/aromatic N) is 3. The molecule has 7 nitrogen and oxygen atoms in total. The number of thiazole rings is 1. The molecule has 3 aliphatic rings. The molecule has 2 saturated heterocycles. The lowest BCUT2D eigenvalue weighted by Gasteiger charge is -2.31. The third kappa shape index (κ3) is 4.82. The Morgan fingerprint density at radius 1 is 1.09 bits per heavy atom. The Kier molecular flexibility index (Phi) is 6.13. The number of nitrogens with one attached hydrogen (secondary N) is 3. The summed E-state index contributed by atoms with van der Waals surface area (Å²) in [7, 11) is 0. The Balaban J connectivity index is 1.32. The van der Waals surface area contributed by atoms with Crippen molar-refractivity contribution in [3.63, 3.8) is 0 Å². The summed E-state index contributed by atoms with van der Waals surface area (Å²) < 4.78 is 3.59. The second-order valence-electron chi connectivity index (χ2n) is 9.36. The van der Waals surface area contributed by atoms with Crippen LogP contribution in [-0.4, -0.2) is 56.7 Å². The predicted octanol–water partition coefficient (Wildman–Crippen LogP) is 4.20. The van der Waals surface area contributed by atoms with Gasteiger partial charge in [0.15, 0.2) is 0 Å². The molecule has 33 heavy (non-hydrogen) atoms. The van der Waals surface area contributed by atoms with E-state index in [1.54, 1.807) is 11.3 Å². The molecule has 3 aromatic rings. The van der Waals surface area contributed by atoms with Gasteiger partial charge in [0, 0.05) is 36.8 Å². The molecule has 0 spiro atoms. The van der Waals surface area contributed by atoms with Gasteiger partial charge in [0.25, 0.3) is 5.56 Å². The predicted molar refractivity (Wildman–Crippen MR) is 137 cm³/mol. The van der Waals surface area contributed by atoms with E-state index in [-0.39, 0.29) is 11.6 Å². The monoisotopic (exact) mass is 482 g/mol. The summed E-state index contributed by atoms with van der Waals surface area (Å²) in [5.41, 5.74) is 1.42. The van der Waals surface area contributed by atoms with E-state index in [9.17, 15) is 4.79 Å². The largest absolute Gasteiger partial charge is 0.365 e. The van der Waals surface area contributed by atoms with Gasteiger partial charge in [0.1, 0.15) is 22.2 Å². The summed E-state index contributed by atoms with van der Waals surface area (Å²) >= 11 is 3.59. The van der Waals surface area contributed by atoms with Gasteiger partial charge in [0.05, 0.1) is 10.2 Å². The van der Waals surface area contributed by atoms with E-state index in [0.717, 1.165) is 78.2 Å². The number of aromatic amines is 1. The highest BCUT2D eigenvalue weighted by Gasteiger charge is 2.30. The van der Waals surface area contributed by atoms with E-state index in [1.807, 2.05) is 30.1 Å². The third-order valence-electron chi connectivity index (χ3n) is 6.75. The zero-order valence-electron chi connectivity index (χ0n) is 18.7. The fraction of sp³-hybridized carbons (Fsp3) is 0.542.